The second-order valence-corrected chi connectivity index (χ2v) is 5.73. The van der Waals surface area contributed by atoms with Crippen molar-refractivity contribution in [2.75, 3.05) is 26.7 Å². The predicted molar refractivity (Wildman–Crippen MR) is 74.4 cm³/mol. The summed E-state index contributed by atoms with van der Waals surface area (Å²) in [7, 11) is 1.79. The van der Waals surface area contributed by atoms with Gasteiger partial charge in [-0.3, -0.25) is 4.79 Å². The molecule has 0 aromatic carbocycles. The summed E-state index contributed by atoms with van der Waals surface area (Å²) in [6, 6.07) is 3.85. The minimum atomic E-state index is 0.289. The second-order valence-electron chi connectivity index (χ2n) is 4.78. The minimum absolute atomic E-state index is 0.289. The molecule has 1 aromatic rings. The van der Waals surface area contributed by atoms with Gasteiger partial charge in [0, 0.05) is 26.6 Å². The molecule has 3 nitrogen and oxygen atoms in total. The van der Waals surface area contributed by atoms with E-state index in [1.54, 1.807) is 18.4 Å². The Bertz CT molecular complexity index is 356. The summed E-state index contributed by atoms with van der Waals surface area (Å²) in [5, 5.41) is 1.96. The van der Waals surface area contributed by atoms with Crippen molar-refractivity contribution in [3.8, 4) is 0 Å². The summed E-state index contributed by atoms with van der Waals surface area (Å²) in [4.78, 5) is 15.2. The Kier molecular flexibility index (Phi) is 5.35. The highest BCUT2D eigenvalue weighted by Crippen LogP contribution is 2.15. The number of rotatable bonds is 6. The van der Waals surface area contributed by atoms with Crippen LogP contribution >= 0.6 is 11.3 Å². The zero-order chi connectivity index (χ0) is 12.8. The number of hydrogen-bond acceptors (Lipinski definition) is 4. The Morgan fingerprint density at radius 2 is 2.28 bits per heavy atom. The summed E-state index contributed by atoms with van der Waals surface area (Å²) in [5.41, 5.74) is 0. The van der Waals surface area contributed by atoms with Crippen molar-refractivity contribution in [1.29, 1.82) is 0 Å². The Morgan fingerprint density at radius 3 is 2.89 bits per heavy atom. The lowest BCUT2D eigenvalue weighted by Gasteiger charge is -2.30. The van der Waals surface area contributed by atoms with Crippen molar-refractivity contribution < 1.29 is 9.53 Å². The SMILES string of the molecule is COC1CCN(CCCC(=O)c2cccs2)CC1. The molecule has 2 rings (SSSR count). The number of hydrogen-bond donors (Lipinski definition) is 0. The van der Waals surface area contributed by atoms with Gasteiger partial charge in [-0.2, -0.15) is 0 Å². The van der Waals surface area contributed by atoms with E-state index < -0.39 is 0 Å². The van der Waals surface area contributed by atoms with Crippen molar-refractivity contribution in [3.63, 3.8) is 0 Å². The van der Waals surface area contributed by atoms with Crippen LogP contribution in [0, 0.1) is 0 Å². The summed E-state index contributed by atoms with van der Waals surface area (Å²) < 4.78 is 5.35. The first kappa shape index (κ1) is 13.7. The van der Waals surface area contributed by atoms with Gasteiger partial charge in [0.1, 0.15) is 0 Å². The largest absolute Gasteiger partial charge is 0.381 e. The lowest BCUT2D eigenvalue weighted by Crippen LogP contribution is -2.37. The molecule has 0 radical (unpaired) electrons. The molecule has 1 aliphatic heterocycles. The van der Waals surface area contributed by atoms with Crippen LogP contribution < -0.4 is 0 Å². The van der Waals surface area contributed by atoms with E-state index in [1.165, 1.54) is 0 Å². The van der Waals surface area contributed by atoms with Gasteiger partial charge in [-0.25, -0.2) is 0 Å². The minimum Gasteiger partial charge on any atom is -0.381 e. The van der Waals surface area contributed by atoms with Crippen molar-refractivity contribution in [1.82, 2.24) is 4.90 Å². The van der Waals surface area contributed by atoms with Gasteiger partial charge in [0.25, 0.3) is 0 Å². The summed E-state index contributed by atoms with van der Waals surface area (Å²) in [6.45, 7) is 3.24. The Labute approximate surface area is 113 Å². The Balaban J connectivity index is 1.63. The molecule has 1 fully saturated rings. The lowest BCUT2D eigenvalue weighted by molar-refractivity contribution is 0.0406. The quantitative estimate of drug-likeness (QED) is 0.742. The molecule has 0 amide bonds. The number of nitrogens with zero attached hydrogens (tertiary/aromatic N) is 1. The molecule has 4 heteroatoms. The molecular formula is C14H21NO2S. The van der Waals surface area contributed by atoms with Crippen LogP contribution in [0.4, 0.5) is 0 Å². The standard InChI is InChI=1S/C14H21NO2S/c1-17-12-6-9-15(10-7-12)8-2-4-13(16)14-5-3-11-18-14/h3,5,11-12H,2,4,6-10H2,1H3. The lowest BCUT2D eigenvalue weighted by atomic mass is 10.1. The zero-order valence-corrected chi connectivity index (χ0v) is 11.7. The van der Waals surface area contributed by atoms with Gasteiger partial charge in [0.05, 0.1) is 11.0 Å². The molecule has 2 heterocycles. The number of ether oxygens (including phenoxy) is 1. The van der Waals surface area contributed by atoms with E-state index in [0.717, 1.165) is 43.8 Å². The molecule has 0 bridgehead atoms. The van der Waals surface area contributed by atoms with Crippen LogP contribution in [0.1, 0.15) is 35.4 Å². The smallest absolute Gasteiger partial charge is 0.172 e. The molecule has 0 saturated carbocycles. The van der Waals surface area contributed by atoms with Gasteiger partial charge in [0.15, 0.2) is 5.78 Å². The Morgan fingerprint density at radius 1 is 1.50 bits per heavy atom. The topological polar surface area (TPSA) is 29.5 Å². The van der Waals surface area contributed by atoms with Crippen LogP contribution in [0.3, 0.4) is 0 Å². The van der Waals surface area contributed by atoms with E-state index in [-0.39, 0.29) is 5.78 Å². The number of carbonyl (C=O) groups excluding carboxylic acids is 1. The molecule has 1 aliphatic rings. The van der Waals surface area contributed by atoms with Crippen LogP contribution in [-0.2, 0) is 4.74 Å². The van der Waals surface area contributed by atoms with Crippen LogP contribution in [0.25, 0.3) is 0 Å². The van der Waals surface area contributed by atoms with Crippen LogP contribution in [0.5, 0.6) is 0 Å². The molecule has 0 unspecified atom stereocenters. The van der Waals surface area contributed by atoms with Crippen molar-refractivity contribution in [3.05, 3.63) is 22.4 Å². The number of piperidine rings is 1. The highest BCUT2D eigenvalue weighted by Gasteiger charge is 2.18. The van der Waals surface area contributed by atoms with Crippen molar-refractivity contribution >= 4 is 17.1 Å². The molecule has 100 valence electrons. The summed E-state index contributed by atoms with van der Waals surface area (Å²) >= 11 is 1.54. The van der Waals surface area contributed by atoms with E-state index in [9.17, 15) is 4.79 Å². The van der Waals surface area contributed by atoms with Crippen LogP contribution in [0.2, 0.25) is 0 Å². The first-order valence-corrected chi connectivity index (χ1v) is 7.49. The van der Waals surface area contributed by atoms with Gasteiger partial charge < -0.3 is 9.64 Å². The van der Waals surface area contributed by atoms with E-state index >= 15 is 0 Å². The number of thiophene rings is 1. The highest BCUT2D eigenvalue weighted by atomic mass is 32.1. The van der Waals surface area contributed by atoms with Crippen molar-refractivity contribution in [2.45, 2.75) is 31.8 Å². The molecule has 18 heavy (non-hydrogen) atoms. The van der Waals surface area contributed by atoms with Crippen molar-refractivity contribution in [2.24, 2.45) is 0 Å². The first-order chi connectivity index (χ1) is 8.79. The van der Waals surface area contributed by atoms with Crippen LogP contribution in [-0.4, -0.2) is 43.5 Å². The van der Waals surface area contributed by atoms with Gasteiger partial charge in [0.2, 0.25) is 0 Å². The molecule has 0 N–H and O–H groups in total. The molecule has 0 atom stereocenters. The summed E-state index contributed by atoms with van der Waals surface area (Å²) in [5.74, 6) is 0.289. The molecular weight excluding hydrogens is 246 g/mol. The van der Waals surface area contributed by atoms with E-state index in [0.29, 0.717) is 12.5 Å². The highest BCUT2D eigenvalue weighted by molar-refractivity contribution is 7.12. The number of ketones is 1. The number of Topliss-reactive ketones (excluding diaryl/α,β-unsaturated/α-hetero) is 1. The average Bonchev–Trinajstić information content (AvgIpc) is 2.93. The predicted octanol–water partition coefficient (Wildman–Crippen LogP) is 2.82. The maximum absolute atomic E-state index is 11.8. The summed E-state index contributed by atoms with van der Waals surface area (Å²) in [6.07, 6.45) is 4.32. The van der Waals surface area contributed by atoms with E-state index in [4.69, 9.17) is 4.74 Å². The fourth-order valence-corrected chi connectivity index (χ4v) is 3.09. The monoisotopic (exact) mass is 267 g/mol. The average molecular weight is 267 g/mol. The third-order valence-electron chi connectivity index (χ3n) is 3.54. The normalized spacial score (nSPS) is 18.1. The van der Waals surface area contributed by atoms with Gasteiger partial charge in [-0.15, -0.1) is 11.3 Å². The third-order valence-corrected chi connectivity index (χ3v) is 4.45. The number of methoxy groups -OCH3 is 1. The fourth-order valence-electron chi connectivity index (χ4n) is 2.39. The zero-order valence-electron chi connectivity index (χ0n) is 10.9. The molecule has 1 aromatic heterocycles. The molecule has 1 saturated heterocycles. The Hall–Kier alpha value is -0.710. The van der Waals surface area contributed by atoms with Gasteiger partial charge >= 0.3 is 0 Å². The second kappa shape index (κ2) is 7.02. The first-order valence-electron chi connectivity index (χ1n) is 6.61. The number of carbonyl (C=O) groups is 1. The number of likely N-dealkylation sites (tertiary alicyclic amines) is 1. The van der Waals surface area contributed by atoms with Crippen LogP contribution in [0.15, 0.2) is 17.5 Å². The van der Waals surface area contributed by atoms with Gasteiger partial charge in [-0.1, -0.05) is 6.07 Å². The maximum atomic E-state index is 11.8. The maximum Gasteiger partial charge on any atom is 0.172 e. The third kappa shape index (κ3) is 3.90. The van der Waals surface area contributed by atoms with E-state index in [2.05, 4.69) is 4.90 Å². The van der Waals surface area contributed by atoms with Gasteiger partial charge in [-0.05, 0) is 37.3 Å². The molecule has 0 aliphatic carbocycles. The van der Waals surface area contributed by atoms with E-state index in [1.807, 2.05) is 17.5 Å². The molecule has 0 spiro atoms. The fraction of sp³-hybridized carbons (Fsp3) is 0.643.